The zero-order valence-electron chi connectivity index (χ0n) is 14.9. The SMILES string of the molecule is CC(C)Nc1nc(N[C@H](C)C(F)(F)F)nc(C2=C(F)[C@H](O)CCCC2)n1. The molecule has 6 nitrogen and oxygen atoms in total. The predicted octanol–water partition coefficient (Wildman–Crippen LogP) is 3.67. The summed E-state index contributed by atoms with van der Waals surface area (Å²) in [6, 6.07) is -1.97. The van der Waals surface area contributed by atoms with Gasteiger partial charge in [-0.3, -0.25) is 0 Å². The van der Waals surface area contributed by atoms with E-state index in [0.717, 1.165) is 6.92 Å². The minimum atomic E-state index is -4.48. The van der Waals surface area contributed by atoms with Gasteiger partial charge in [-0.2, -0.15) is 28.1 Å². The van der Waals surface area contributed by atoms with Crippen LogP contribution in [0.5, 0.6) is 0 Å². The summed E-state index contributed by atoms with van der Waals surface area (Å²) in [5, 5.41) is 14.9. The molecule has 0 aliphatic heterocycles. The van der Waals surface area contributed by atoms with Crippen LogP contribution in [0.3, 0.4) is 0 Å². The summed E-state index contributed by atoms with van der Waals surface area (Å²) in [6.45, 7) is 4.56. The van der Waals surface area contributed by atoms with Gasteiger partial charge in [0.2, 0.25) is 11.9 Å². The number of aliphatic hydroxyl groups is 1. The van der Waals surface area contributed by atoms with Crippen molar-refractivity contribution in [3.63, 3.8) is 0 Å². The number of nitrogens with one attached hydrogen (secondary N) is 2. The lowest BCUT2D eigenvalue weighted by Crippen LogP contribution is -2.34. The molecule has 26 heavy (non-hydrogen) atoms. The molecule has 0 fully saturated rings. The van der Waals surface area contributed by atoms with E-state index in [-0.39, 0.29) is 35.8 Å². The fourth-order valence-electron chi connectivity index (χ4n) is 2.48. The number of anilines is 2. The second-order valence-electron chi connectivity index (χ2n) is 6.60. The molecule has 0 unspecified atom stereocenters. The van der Waals surface area contributed by atoms with Crippen LogP contribution in [-0.4, -0.2) is 44.4 Å². The Kier molecular flexibility index (Phi) is 6.38. The number of hydrogen-bond acceptors (Lipinski definition) is 6. The van der Waals surface area contributed by atoms with E-state index in [1.54, 1.807) is 0 Å². The van der Waals surface area contributed by atoms with Crippen molar-refractivity contribution in [2.45, 2.75) is 70.8 Å². The van der Waals surface area contributed by atoms with Gasteiger partial charge in [0.1, 0.15) is 18.0 Å². The van der Waals surface area contributed by atoms with Gasteiger partial charge in [0.15, 0.2) is 5.82 Å². The van der Waals surface area contributed by atoms with Gasteiger partial charge in [0.25, 0.3) is 0 Å². The van der Waals surface area contributed by atoms with Crippen molar-refractivity contribution in [1.82, 2.24) is 15.0 Å². The van der Waals surface area contributed by atoms with Crippen LogP contribution in [0.4, 0.5) is 29.5 Å². The lowest BCUT2D eigenvalue weighted by Gasteiger charge is -2.19. The number of hydrogen-bond donors (Lipinski definition) is 3. The summed E-state index contributed by atoms with van der Waals surface area (Å²) in [5.41, 5.74) is 0.104. The van der Waals surface area contributed by atoms with Crippen LogP contribution >= 0.6 is 0 Å². The number of aromatic nitrogens is 3. The highest BCUT2D eigenvalue weighted by Gasteiger charge is 2.36. The summed E-state index contributed by atoms with van der Waals surface area (Å²) >= 11 is 0. The molecule has 0 amide bonds. The largest absolute Gasteiger partial charge is 0.408 e. The third-order valence-corrected chi connectivity index (χ3v) is 3.89. The molecule has 0 saturated carbocycles. The normalized spacial score (nSPS) is 20.1. The molecule has 2 atom stereocenters. The fourth-order valence-corrected chi connectivity index (χ4v) is 2.48. The quantitative estimate of drug-likeness (QED) is 0.679. The molecule has 0 saturated heterocycles. The molecular formula is C16H23F4N5O. The Balaban J connectivity index is 2.44. The molecular weight excluding hydrogens is 354 g/mol. The molecule has 0 radical (unpaired) electrons. The maximum Gasteiger partial charge on any atom is 0.408 e. The average Bonchev–Trinajstić information content (AvgIpc) is 2.67. The molecule has 1 aliphatic carbocycles. The number of rotatable bonds is 5. The minimum Gasteiger partial charge on any atom is -0.386 e. The van der Waals surface area contributed by atoms with Gasteiger partial charge in [-0.15, -0.1) is 0 Å². The van der Waals surface area contributed by atoms with Crippen LogP contribution in [0.2, 0.25) is 0 Å². The molecule has 1 aromatic rings. The van der Waals surface area contributed by atoms with Crippen molar-refractivity contribution < 1.29 is 22.7 Å². The maximum atomic E-state index is 14.5. The summed E-state index contributed by atoms with van der Waals surface area (Å²) in [4.78, 5) is 12.0. The van der Waals surface area contributed by atoms with E-state index < -0.39 is 24.1 Å². The first kappa shape index (κ1) is 20.3. The van der Waals surface area contributed by atoms with Crippen LogP contribution in [-0.2, 0) is 0 Å². The van der Waals surface area contributed by atoms with E-state index in [9.17, 15) is 22.7 Å². The molecule has 10 heteroatoms. The molecule has 0 aromatic carbocycles. The van der Waals surface area contributed by atoms with Gasteiger partial charge in [-0.25, -0.2) is 4.39 Å². The third kappa shape index (κ3) is 5.26. The maximum absolute atomic E-state index is 14.5. The number of aliphatic hydroxyl groups excluding tert-OH is 1. The zero-order valence-corrected chi connectivity index (χ0v) is 14.9. The van der Waals surface area contributed by atoms with Crippen LogP contribution in [0.15, 0.2) is 5.83 Å². The van der Waals surface area contributed by atoms with Crippen LogP contribution in [0, 0.1) is 0 Å². The molecule has 0 spiro atoms. The lowest BCUT2D eigenvalue weighted by atomic mass is 10.1. The van der Waals surface area contributed by atoms with Crippen molar-refractivity contribution in [1.29, 1.82) is 0 Å². The molecule has 1 heterocycles. The first-order valence-corrected chi connectivity index (χ1v) is 8.50. The van der Waals surface area contributed by atoms with Crippen molar-refractivity contribution in [2.75, 3.05) is 10.6 Å². The van der Waals surface area contributed by atoms with Gasteiger partial charge in [0.05, 0.1) is 0 Å². The Morgan fingerprint density at radius 1 is 1.04 bits per heavy atom. The monoisotopic (exact) mass is 377 g/mol. The van der Waals surface area contributed by atoms with Gasteiger partial charge < -0.3 is 15.7 Å². The Hall–Kier alpha value is -1.97. The molecule has 0 bridgehead atoms. The Morgan fingerprint density at radius 2 is 1.65 bits per heavy atom. The first-order valence-electron chi connectivity index (χ1n) is 8.50. The Morgan fingerprint density at radius 3 is 2.23 bits per heavy atom. The molecule has 2 rings (SSSR count). The number of halogens is 4. The predicted molar refractivity (Wildman–Crippen MR) is 90.2 cm³/mol. The summed E-state index contributed by atoms with van der Waals surface area (Å²) in [7, 11) is 0. The van der Waals surface area contributed by atoms with E-state index in [1.807, 2.05) is 13.8 Å². The Bertz CT molecular complexity index is 663. The van der Waals surface area contributed by atoms with Crippen molar-refractivity contribution in [2.24, 2.45) is 0 Å². The molecule has 146 valence electrons. The van der Waals surface area contributed by atoms with Gasteiger partial charge in [-0.1, -0.05) is 6.42 Å². The van der Waals surface area contributed by atoms with E-state index in [4.69, 9.17) is 0 Å². The van der Waals surface area contributed by atoms with Crippen LogP contribution in [0.1, 0.15) is 52.3 Å². The van der Waals surface area contributed by atoms with E-state index >= 15 is 0 Å². The summed E-state index contributed by atoms with van der Waals surface area (Å²) < 4.78 is 52.9. The van der Waals surface area contributed by atoms with Crippen molar-refractivity contribution >= 4 is 17.5 Å². The zero-order chi connectivity index (χ0) is 19.5. The van der Waals surface area contributed by atoms with E-state index in [2.05, 4.69) is 25.6 Å². The standard InChI is InChI=1S/C16H23F4N5O/c1-8(2)21-14-23-13(10-6-4-5-7-11(26)12(10)17)24-15(25-14)22-9(3)16(18,19)20/h8-9,11,26H,4-7H2,1-3H3,(H2,21,22,23,24,25)/t9-,11-/m1/s1. The highest BCUT2D eigenvalue weighted by atomic mass is 19.4. The smallest absolute Gasteiger partial charge is 0.386 e. The van der Waals surface area contributed by atoms with E-state index in [1.165, 1.54) is 0 Å². The molecule has 1 aliphatic rings. The lowest BCUT2D eigenvalue weighted by molar-refractivity contribution is -0.138. The molecule has 3 N–H and O–H groups in total. The van der Waals surface area contributed by atoms with Crippen LogP contribution < -0.4 is 10.6 Å². The van der Waals surface area contributed by atoms with Crippen LogP contribution in [0.25, 0.3) is 5.57 Å². The Labute approximate surface area is 149 Å². The average molecular weight is 377 g/mol. The number of nitrogens with zero attached hydrogens (tertiary/aromatic N) is 3. The highest BCUT2D eigenvalue weighted by molar-refractivity contribution is 5.64. The van der Waals surface area contributed by atoms with Gasteiger partial charge >= 0.3 is 6.18 Å². The van der Waals surface area contributed by atoms with Gasteiger partial charge in [0, 0.05) is 11.6 Å². The van der Waals surface area contributed by atoms with Crippen molar-refractivity contribution in [3.8, 4) is 0 Å². The van der Waals surface area contributed by atoms with Gasteiger partial charge in [-0.05, 0) is 40.0 Å². The first-order chi connectivity index (χ1) is 12.1. The highest BCUT2D eigenvalue weighted by Crippen LogP contribution is 2.31. The third-order valence-electron chi connectivity index (χ3n) is 3.89. The topological polar surface area (TPSA) is 83.0 Å². The molecule has 1 aromatic heterocycles. The van der Waals surface area contributed by atoms with Crippen molar-refractivity contribution in [3.05, 3.63) is 11.7 Å². The summed E-state index contributed by atoms with van der Waals surface area (Å²) in [6.07, 6.45) is -3.90. The fraction of sp³-hybridized carbons (Fsp3) is 0.688. The summed E-state index contributed by atoms with van der Waals surface area (Å²) in [5.74, 6) is -1.07. The second-order valence-corrected chi connectivity index (χ2v) is 6.60. The number of allylic oxidation sites excluding steroid dienone is 1. The number of alkyl halides is 3. The minimum absolute atomic E-state index is 0.0425. The second kappa shape index (κ2) is 8.15. The van der Waals surface area contributed by atoms with E-state index in [0.29, 0.717) is 19.3 Å².